The quantitative estimate of drug-likeness (QED) is 0.0199. The smallest absolute Gasteiger partial charge is 0.291 e. The summed E-state index contributed by atoms with van der Waals surface area (Å²) in [5, 5.41) is 19.2. The number of hydrogen-bond donors (Lipinski definition) is 8. The minimum Gasteiger partial charge on any atom is -0.491 e. The Hall–Kier alpha value is -9.02. The van der Waals surface area contributed by atoms with Crippen molar-refractivity contribution in [2.75, 3.05) is 152 Å². The fourth-order valence-electron chi connectivity index (χ4n) is 8.91. The Bertz CT molecular complexity index is 3310. The molecule has 91 heavy (non-hydrogen) atoms. The van der Waals surface area contributed by atoms with Crippen LogP contribution in [0, 0.1) is 5.92 Å². The van der Waals surface area contributed by atoms with Gasteiger partial charge in [0.05, 0.1) is 117 Å². The molecule has 0 atom stereocenters. The minimum absolute atomic E-state index is 0.0145. The van der Waals surface area contributed by atoms with Gasteiger partial charge in [-0.1, -0.05) is 0 Å². The molecule has 1 fully saturated rings. The van der Waals surface area contributed by atoms with Crippen LogP contribution >= 0.6 is 0 Å². The van der Waals surface area contributed by atoms with Crippen LogP contribution in [0.3, 0.4) is 0 Å². The number of carbonyl (C=O) groups is 7. The zero-order valence-electron chi connectivity index (χ0n) is 51.8. The second-order valence-corrected chi connectivity index (χ2v) is 20.8. The highest BCUT2D eigenvalue weighted by Gasteiger charge is 2.36. The van der Waals surface area contributed by atoms with E-state index in [9.17, 15) is 33.6 Å². The molecule has 7 rings (SSSR count). The van der Waals surface area contributed by atoms with Crippen molar-refractivity contribution >= 4 is 70.0 Å². The lowest BCUT2D eigenvalue weighted by Crippen LogP contribution is -2.48. The molecular weight excluding hydrogens is 1190 g/mol. The highest BCUT2D eigenvalue weighted by atomic mass is 16.6. The van der Waals surface area contributed by atoms with Crippen molar-refractivity contribution in [2.45, 2.75) is 25.3 Å². The van der Waals surface area contributed by atoms with E-state index in [2.05, 4.69) is 52.2 Å². The van der Waals surface area contributed by atoms with Gasteiger partial charge >= 0.3 is 0 Å². The molecular formula is C59H82N16O16. The Morgan fingerprint density at radius 2 is 0.934 bits per heavy atom. The molecule has 9 N–H and O–H groups in total. The van der Waals surface area contributed by atoms with E-state index < -0.39 is 41.4 Å². The average molecular weight is 1270 g/mol. The second kappa shape index (κ2) is 36.6. The van der Waals surface area contributed by atoms with E-state index in [0.717, 1.165) is 5.75 Å². The van der Waals surface area contributed by atoms with Crippen LogP contribution in [0.2, 0.25) is 0 Å². The monoisotopic (exact) mass is 1270 g/mol. The molecule has 0 bridgehead atoms. The molecule has 0 aliphatic heterocycles. The zero-order valence-corrected chi connectivity index (χ0v) is 51.8. The molecule has 0 radical (unpaired) electrons. The van der Waals surface area contributed by atoms with Crippen molar-refractivity contribution in [3.63, 3.8) is 0 Å². The molecule has 5 heterocycles. The zero-order chi connectivity index (χ0) is 64.9. The first-order chi connectivity index (χ1) is 44.0. The number of benzene rings is 1. The number of imidazole rings is 3. The summed E-state index contributed by atoms with van der Waals surface area (Å²) >= 11 is 0. The summed E-state index contributed by atoms with van der Waals surface area (Å²) in [5.41, 5.74) is 7.57. The number of ether oxygens (including phenoxy) is 9. The van der Waals surface area contributed by atoms with Gasteiger partial charge in [0.15, 0.2) is 17.5 Å². The van der Waals surface area contributed by atoms with Crippen LogP contribution in [0.5, 0.6) is 5.75 Å². The highest BCUT2D eigenvalue weighted by Crippen LogP contribution is 2.29. The molecule has 0 saturated heterocycles. The summed E-state index contributed by atoms with van der Waals surface area (Å²) in [5.74, 6) is -2.20. The number of nitrogen functional groups attached to an aromatic ring is 1. The van der Waals surface area contributed by atoms with Gasteiger partial charge in [-0.25, -0.2) is 15.0 Å². The number of hydrogen-bond acceptors (Lipinski definition) is 20. The third-order valence-electron chi connectivity index (χ3n) is 13.7. The van der Waals surface area contributed by atoms with Crippen LogP contribution in [0.4, 0.5) is 28.7 Å². The maximum absolute atomic E-state index is 13.3. The normalized spacial score (nSPS) is 13.5. The van der Waals surface area contributed by atoms with E-state index in [1.165, 1.54) is 39.9 Å². The number of nitrogens with zero attached hydrogens (tertiary/aromatic N) is 8. The summed E-state index contributed by atoms with van der Waals surface area (Å²) in [7, 11) is 8.20. The summed E-state index contributed by atoms with van der Waals surface area (Å²) < 4.78 is 57.3. The Morgan fingerprint density at radius 1 is 0.484 bits per heavy atom. The Morgan fingerprint density at radius 3 is 1.44 bits per heavy atom. The van der Waals surface area contributed by atoms with Crippen LogP contribution in [0.25, 0.3) is 0 Å². The molecule has 494 valence electrons. The van der Waals surface area contributed by atoms with E-state index in [0.29, 0.717) is 136 Å². The van der Waals surface area contributed by atoms with Gasteiger partial charge in [0.1, 0.15) is 23.7 Å². The van der Waals surface area contributed by atoms with Crippen molar-refractivity contribution in [3.05, 3.63) is 102 Å². The molecule has 0 unspecified atom stereocenters. The van der Waals surface area contributed by atoms with Crippen LogP contribution in [-0.4, -0.2) is 211 Å². The predicted molar refractivity (Wildman–Crippen MR) is 330 cm³/mol. The molecule has 1 aliphatic carbocycles. The number of carbonyl (C=O) groups excluding carboxylic acids is 7. The Kier molecular flexibility index (Phi) is 27.9. The van der Waals surface area contributed by atoms with Gasteiger partial charge in [-0.15, -0.1) is 0 Å². The molecule has 1 aliphatic rings. The van der Waals surface area contributed by atoms with E-state index in [1.54, 1.807) is 79.7 Å². The summed E-state index contributed by atoms with van der Waals surface area (Å²) in [4.78, 5) is 103. The van der Waals surface area contributed by atoms with E-state index in [-0.39, 0.29) is 78.6 Å². The van der Waals surface area contributed by atoms with Gasteiger partial charge in [-0.2, -0.15) is 0 Å². The van der Waals surface area contributed by atoms with Gasteiger partial charge < -0.3 is 108 Å². The van der Waals surface area contributed by atoms with Crippen LogP contribution in [0.1, 0.15) is 72.1 Å². The second-order valence-electron chi connectivity index (χ2n) is 20.8. The molecule has 1 aromatic carbocycles. The molecule has 5 aromatic heterocycles. The number of anilines is 5. The average Bonchev–Trinajstić information content (AvgIpc) is 1.90. The lowest BCUT2D eigenvalue weighted by atomic mass is 9.79. The SMILES string of the molecule is Cn1cc(NC(=O)c2nccn2C)cc1C(=O)NCCC(=O)Nc1cn(C)c(C(=O)Nc2cc(C(=O)NC3CC(C(=O)Nc4cn(C)c(C(=O)NCCOCCOCCOCCOCCOCCOCCOCCOCCOc5ccc(N)cc5)n4)C3)n(C)c2)n1. The van der Waals surface area contributed by atoms with Crippen molar-refractivity contribution < 1.29 is 76.2 Å². The molecule has 6 aromatic rings. The molecule has 32 nitrogen and oxygen atoms in total. The number of amides is 7. The summed E-state index contributed by atoms with van der Waals surface area (Å²) in [6.45, 7) is 7.35. The van der Waals surface area contributed by atoms with Gasteiger partial charge in [0.2, 0.25) is 23.5 Å². The standard InChI is InChI=1S/C59H82N16O16/c1-71-14-12-61-51(71)58(81)65-43-34-46(72(2)36-43)55(78)62-11-10-50(76)67-48-38-75(5)53(68-48)59(82)66-44-35-47(73(3)37-44)56(79)64-42-32-40(33-42)54(77)70-49-39-74(4)52(69-49)57(80)63-13-15-83-16-17-84-18-19-85-20-21-86-22-23-87-24-25-88-26-27-89-28-29-90-30-31-91-45-8-6-41(60)7-9-45/h6-9,12,14,34-40,42H,10-11,13,15-33,60H2,1-5H3,(H,62,78)(H,63,80)(H,64,79)(H,65,81)(H,66,82)(H,67,76)(H,70,77). The lowest BCUT2D eigenvalue weighted by Gasteiger charge is -2.34. The van der Waals surface area contributed by atoms with E-state index in [4.69, 9.17) is 48.4 Å². The molecule has 1 saturated carbocycles. The van der Waals surface area contributed by atoms with Gasteiger partial charge in [-0.05, 0) is 49.2 Å². The van der Waals surface area contributed by atoms with Gasteiger partial charge in [0, 0.05) is 110 Å². The summed E-state index contributed by atoms with van der Waals surface area (Å²) in [6, 6.07) is 9.92. The number of nitrogens with one attached hydrogen (secondary N) is 7. The maximum atomic E-state index is 13.3. The van der Waals surface area contributed by atoms with E-state index >= 15 is 0 Å². The van der Waals surface area contributed by atoms with Gasteiger partial charge in [-0.3, -0.25) is 33.6 Å². The van der Waals surface area contributed by atoms with Crippen molar-refractivity contribution in [3.8, 4) is 5.75 Å². The lowest BCUT2D eigenvalue weighted by molar-refractivity contribution is -0.123. The number of aromatic nitrogens is 8. The highest BCUT2D eigenvalue weighted by molar-refractivity contribution is 6.05. The fourth-order valence-corrected chi connectivity index (χ4v) is 8.91. The topological polar surface area (TPSA) is 376 Å². The Balaban J connectivity index is 0.653. The first-order valence-corrected chi connectivity index (χ1v) is 29.6. The minimum atomic E-state index is -0.605. The van der Waals surface area contributed by atoms with Crippen molar-refractivity contribution in [2.24, 2.45) is 41.2 Å². The number of nitrogens with two attached hydrogens (primary N) is 1. The van der Waals surface area contributed by atoms with Crippen LogP contribution < -0.4 is 47.7 Å². The largest absolute Gasteiger partial charge is 0.491 e. The first kappa shape index (κ1) is 69.5. The van der Waals surface area contributed by atoms with Gasteiger partial charge in [0.25, 0.3) is 29.5 Å². The summed E-state index contributed by atoms with van der Waals surface area (Å²) in [6.07, 6.45) is 9.92. The first-order valence-electron chi connectivity index (χ1n) is 29.6. The van der Waals surface area contributed by atoms with Crippen molar-refractivity contribution in [1.82, 2.24) is 53.7 Å². The van der Waals surface area contributed by atoms with Crippen molar-refractivity contribution in [1.29, 1.82) is 0 Å². The van der Waals surface area contributed by atoms with Crippen LogP contribution in [0.15, 0.2) is 73.6 Å². The maximum Gasteiger partial charge on any atom is 0.291 e. The third-order valence-corrected chi connectivity index (χ3v) is 13.7. The third kappa shape index (κ3) is 23.1. The molecule has 32 heteroatoms. The molecule has 0 spiro atoms. The molecule has 7 amide bonds. The number of aryl methyl sites for hydroxylation is 5. The van der Waals surface area contributed by atoms with E-state index in [1.807, 2.05) is 12.1 Å². The predicted octanol–water partition coefficient (Wildman–Crippen LogP) is 1.50. The van der Waals surface area contributed by atoms with Crippen LogP contribution in [-0.2, 0) is 82.7 Å². The number of rotatable bonds is 42. The Labute approximate surface area is 525 Å². The fraction of sp³-hybridized carbons (Fsp3) is 0.492.